The van der Waals surface area contributed by atoms with Crippen molar-refractivity contribution in [3.05, 3.63) is 75.5 Å². The van der Waals surface area contributed by atoms with Crippen molar-refractivity contribution in [3.8, 4) is 11.4 Å². The number of anilines is 1. The number of fused-ring (bicyclic) bond motifs is 1. The van der Waals surface area contributed by atoms with E-state index in [1.54, 1.807) is 0 Å². The molecule has 2 heterocycles. The summed E-state index contributed by atoms with van der Waals surface area (Å²) in [5, 5.41) is 1.45. The summed E-state index contributed by atoms with van der Waals surface area (Å²) in [6, 6.07) is 13.2. The molecule has 0 atom stereocenters. The van der Waals surface area contributed by atoms with Crippen LogP contribution in [0.15, 0.2) is 48.7 Å². The van der Waals surface area contributed by atoms with E-state index in [2.05, 4.69) is 9.88 Å². The Morgan fingerprint density at radius 1 is 1.08 bits per heavy atom. The fraction of sp³-hybridized carbons (Fsp3) is 0.200. The van der Waals surface area contributed by atoms with Gasteiger partial charge in [-0.2, -0.15) is 0 Å². The Balaban J connectivity index is 1.52. The maximum Gasteiger partial charge on any atom is 0.159 e. The topological polar surface area (TPSA) is 55.0 Å². The van der Waals surface area contributed by atoms with Crippen molar-refractivity contribution in [2.45, 2.75) is 19.5 Å². The van der Waals surface area contributed by atoms with Crippen molar-refractivity contribution >= 4 is 28.9 Å². The second-order valence-electron chi connectivity index (χ2n) is 6.48. The van der Waals surface area contributed by atoms with Crippen molar-refractivity contribution in [3.63, 3.8) is 0 Å². The molecule has 3 aromatic rings. The van der Waals surface area contributed by atoms with E-state index in [-0.39, 0.29) is 0 Å². The third-order valence-corrected chi connectivity index (χ3v) is 5.19. The summed E-state index contributed by atoms with van der Waals surface area (Å²) < 4.78 is 0. The van der Waals surface area contributed by atoms with Gasteiger partial charge in [0.05, 0.1) is 5.69 Å². The first-order chi connectivity index (χ1) is 12.6. The lowest BCUT2D eigenvalue weighted by Crippen LogP contribution is -2.31. The molecule has 0 saturated carbocycles. The van der Waals surface area contributed by atoms with E-state index in [4.69, 9.17) is 33.9 Å². The van der Waals surface area contributed by atoms with Gasteiger partial charge in [-0.15, -0.1) is 0 Å². The molecule has 4 nitrogen and oxygen atoms in total. The first-order valence-electron chi connectivity index (χ1n) is 8.45. The minimum absolute atomic E-state index is 0.707. The minimum Gasteiger partial charge on any atom is -0.399 e. The molecule has 0 radical (unpaired) electrons. The van der Waals surface area contributed by atoms with Gasteiger partial charge in [-0.25, -0.2) is 9.97 Å². The van der Waals surface area contributed by atoms with Gasteiger partial charge in [-0.05, 0) is 48.0 Å². The van der Waals surface area contributed by atoms with Crippen LogP contribution in [0, 0.1) is 0 Å². The molecular weight excluding hydrogens is 367 g/mol. The Labute approximate surface area is 162 Å². The Morgan fingerprint density at radius 3 is 2.69 bits per heavy atom. The van der Waals surface area contributed by atoms with Crippen LogP contribution in [-0.4, -0.2) is 21.4 Å². The average molecular weight is 385 g/mol. The molecule has 0 unspecified atom stereocenters. The number of rotatable bonds is 3. The van der Waals surface area contributed by atoms with E-state index in [1.165, 1.54) is 0 Å². The molecular formula is C20H18Cl2N4. The first kappa shape index (κ1) is 17.3. The molecule has 1 aromatic heterocycles. The van der Waals surface area contributed by atoms with Crippen molar-refractivity contribution < 1.29 is 0 Å². The summed E-state index contributed by atoms with van der Waals surface area (Å²) in [7, 11) is 0. The van der Waals surface area contributed by atoms with Crippen LogP contribution in [0.25, 0.3) is 11.4 Å². The van der Waals surface area contributed by atoms with Gasteiger partial charge in [-0.3, -0.25) is 4.90 Å². The SMILES string of the molecule is Nc1ccc(-c2ncc3c(n2)CCN(Cc2cc(Cl)ccc2Cl)C3)cc1. The number of nitrogens with zero attached hydrogens (tertiary/aromatic N) is 3. The summed E-state index contributed by atoms with van der Waals surface area (Å²) in [6.45, 7) is 2.49. The van der Waals surface area contributed by atoms with Crippen molar-refractivity contribution in [2.75, 3.05) is 12.3 Å². The van der Waals surface area contributed by atoms with Crippen LogP contribution >= 0.6 is 23.2 Å². The van der Waals surface area contributed by atoms with Crippen LogP contribution in [0.1, 0.15) is 16.8 Å². The fourth-order valence-corrected chi connectivity index (χ4v) is 3.56. The second-order valence-corrected chi connectivity index (χ2v) is 7.33. The Morgan fingerprint density at radius 2 is 1.88 bits per heavy atom. The molecule has 0 saturated heterocycles. The summed E-state index contributed by atoms with van der Waals surface area (Å²) in [4.78, 5) is 11.6. The zero-order valence-electron chi connectivity index (χ0n) is 14.1. The highest BCUT2D eigenvalue weighted by molar-refractivity contribution is 6.33. The molecule has 0 fully saturated rings. The maximum atomic E-state index is 6.30. The predicted octanol–water partition coefficient (Wildman–Crippen LogP) is 4.59. The zero-order valence-corrected chi connectivity index (χ0v) is 15.6. The fourth-order valence-electron chi connectivity index (χ4n) is 3.19. The Kier molecular flexibility index (Phi) is 4.81. The summed E-state index contributed by atoms with van der Waals surface area (Å²) in [6.07, 6.45) is 2.82. The van der Waals surface area contributed by atoms with Gasteiger partial charge in [0.15, 0.2) is 5.82 Å². The van der Waals surface area contributed by atoms with Gasteiger partial charge in [0.2, 0.25) is 0 Å². The van der Waals surface area contributed by atoms with Crippen molar-refractivity contribution in [2.24, 2.45) is 0 Å². The van der Waals surface area contributed by atoms with E-state index in [0.29, 0.717) is 5.02 Å². The molecule has 0 amide bonds. The highest BCUT2D eigenvalue weighted by atomic mass is 35.5. The second kappa shape index (κ2) is 7.23. The minimum atomic E-state index is 0.707. The molecule has 2 aromatic carbocycles. The standard InChI is InChI=1S/C20H18Cl2N4/c21-16-3-6-18(22)14(9-16)11-26-8-7-19-15(12-26)10-24-20(25-19)13-1-4-17(23)5-2-13/h1-6,9-10H,7-8,11-12,23H2. The number of hydrogen-bond donors (Lipinski definition) is 1. The van der Waals surface area contributed by atoms with Gasteiger partial charge in [0, 0.05) is 59.1 Å². The summed E-state index contributed by atoms with van der Waals surface area (Å²) in [5.41, 5.74) is 10.8. The molecule has 1 aliphatic heterocycles. The molecule has 0 aliphatic carbocycles. The lowest BCUT2D eigenvalue weighted by molar-refractivity contribution is 0.243. The molecule has 0 spiro atoms. The van der Waals surface area contributed by atoms with Gasteiger partial charge in [0.1, 0.15) is 0 Å². The number of benzene rings is 2. The van der Waals surface area contributed by atoms with E-state index in [9.17, 15) is 0 Å². The molecule has 6 heteroatoms. The molecule has 4 rings (SSSR count). The number of nitrogens with two attached hydrogens (primary N) is 1. The third-order valence-electron chi connectivity index (χ3n) is 4.58. The zero-order chi connectivity index (χ0) is 18.1. The highest BCUT2D eigenvalue weighted by Crippen LogP contribution is 2.26. The lowest BCUT2D eigenvalue weighted by Gasteiger charge is -2.28. The molecule has 2 N–H and O–H groups in total. The van der Waals surface area contributed by atoms with Gasteiger partial charge in [-0.1, -0.05) is 23.2 Å². The Hall–Kier alpha value is -2.14. The van der Waals surface area contributed by atoms with Crippen LogP contribution in [0.3, 0.4) is 0 Å². The summed E-state index contributed by atoms with van der Waals surface area (Å²) >= 11 is 12.4. The molecule has 0 bridgehead atoms. The van der Waals surface area contributed by atoms with E-state index in [1.807, 2.05) is 48.7 Å². The van der Waals surface area contributed by atoms with E-state index in [0.717, 1.165) is 65.0 Å². The quantitative estimate of drug-likeness (QED) is 0.670. The van der Waals surface area contributed by atoms with Gasteiger partial charge < -0.3 is 5.73 Å². The maximum absolute atomic E-state index is 6.30. The van der Waals surface area contributed by atoms with Crippen LogP contribution < -0.4 is 5.73 Å². The normalized spacial score (nSPS) is 14.2. The molecule has 132 valence electrons. The molecule has 26 heavy (non-hydrogen) atoms. The van der Waals surface area contributed by atoms with Crippen LogP contribution in [0.5, 0.6) is 0 Å². The lowest BCUT2D eigenvalue weighted by atomic mass is 10.1. The van der Waals surface area contributed by atoms with Crippen molar-refractivity contribution in [1.82, 2.24) is 14.9 Å². The Bertz CT molecular complexity index is 941. The smallest absolute Gasteiger partial charge is 0.159 e. The molecule has 1 aliphatic rings. The monoisotopic (exact) mass is 384 g/mol. The number of hydrogen-bond acceptors (Lipinski definition) is 4. The van der Waals surface area contributed by atoms with Crippen molar-refractivity contribution in [1.29, 1.82) is 0 Å². The van der Waals surface area contributed by atoms with E-state index < -0.39 is 0 Å². The largest absolute Gasteiger partial charge is 0.399 e. The number of halogens is 2. The first-order valence-corrected chi connectivity index (χ1v) is 9.21. The third kappa shape index (κ3) is 3.68. The number of nitrogen functional groups attached to an aromatic ring is 1. The summed E-state index contributed by atoms with van der Waals surface area (Å²) in [5.74, 6) is 0.745. The predicted molar refractivity (Wildman–Crippen MR) is 106 cm³/mol. The average Bonchev–Trinajstić information content (AvgIpc) is 2.65. The van der Waals surface area contributed by atoms with E-state index >= 15 is 0 Å². The van der Waals surface area contributed by atoms with Crippen LogP contribution in [0.4, 0.5) is 5.69 Å². The van der Waals surface area contributed by atoms with Crippen LogP contribution in [-0.2, 0) is 19.5 Å². The highest BCUT2D eigenvalue weighted by Gasteiger charge is 2.19. The van der Waals surface area contributed by atoms with Crippen LogP contribution in [0.2, 0.25) is 10.0 Å². The van der Waals surface area contributed by atoms with Gasteiger partial charge >= 0.3 is 0 Å². The van der Waals surface area contributed by atoms with Gasteiger partial charge in [0.25, 0.3) is 0 Å². The number of aromatic nitrogens is 2.